The summed E-state index contributed by atoms with van der Waals surface area (Å²) in [7, 11) is 1.60. The van der Waals surface area contributed by atoms with Crippen LogP contribution in [0.15, 0.2) is 29.4 Å². The van der Waals surface area contributed by atoms with Crippen LogP contribution in [-0.2, 0) is 11.3 Å². The Morgan fingerprint density at radius 1 is 1.39 bits per heavy atom. The molecule has 0 radical (unpaired) electrons. The molecule has 1 heterocycles. The molecule has 8 nitrogen and oxygen atoms in total. The van der Waals surface area contributed by atoms with Crippen molar-refractivity contribution >= 4 is 11.6 Å². The van der Waals surface area contributed by atoms with Crippen LogP contribution < -0.4 is 10.2 Å². The van der Waals surface area contributed by atoms with Crippen LogP contribution in [0.3, 0.4) is 0 Å². The van der Waals surface area contributed by atoms with E-state index in [1.165, 1.54) is 11.2 Å². The average molecular weight is 382 g/mol. The molecule has 2 aromatic rings. The first-order valence-corrected chi connectivity index (χ1v) is 9.61. The summed E-state index contributed by atoms with van der Waals surface area (Å²) in [4.78, 5) is 13.6. The van der Waals surface area contributed by atoms with Gasteiger partial charge in [0.05, 0.1) is 7.11 Å². The van der Waals surface area contributed by atoms with Crippen LogP contribution in [0.5, 0.6) is 5.75 Å². The van der Waals surface area contributed by atoms with Gasteiger partial charge in [-0.15, -0.1) is 10.2 Å². The van der Waals surface area contributed by atoms with Gasteiger partial charge in [0.2, 0.25) is 5.82 Å². The maximum absolute atomic E-state index is 12.3. The van der Waals surface area contributed by atoms with Crippen LogP contribution in [0.1, 0.15) is 40.0 Å². The first-order valence-electron chi connectivity index (χ1n) is 9.61. The van der Waals surface area contributed by atoms with Crippen LogP contribution >= 0.6 is 0 Å². The number of rotatable bonds is 5. The molecule has 0 aliphatic heterocycles. The van der Waals surface area contributed by atoms with Crippen LogP contribution in [0.4, 0.5) is 0 Å². The summed E-state index contributed by atoms with van der Waals surface area (Å²) < 4.78 is 5.21. The Morgan fingerprint density at radius 3 is 2.89 bits per heavy atom. The summed E-state index contributed by atoms with van der Waals surface area (Å²) in [5.41, 5.74) is 4.87. The van der Waals surface area contributed by atoms with E-state index in [2.05, 4.69) is 46.7 Å². The molecule has 2 unspecified atom stereocenters. The van der Waals surface area contributed by atoms with Gasteiger partial charge in [-0.3, -0.25) is 4.79 Å². The number of aromatic nitrogens is 4. The molecule has 1 N–H and O–H groups in total. The average Bonchev–Trinajstić information content (AvgIpc) is 3.28. The number of carbonyl (C=O) groups is 1. The van der Waals surface area contributed by atoms with Crippen molar-refractivity contribution in [1.82, 2.24) is 25.6 Å². The number of amides is 1. The molecule has 2 aliphatic carbocycles. The van der Waals surface area contributed by atoms with Gasteiger partial charge in [0, 0.05) is 16.7 Å². The van der Waals surface area contributed by atoms with E-state index >= 15 is 0 Å². The number of tetrazole rings is 1. The number of ether oxygens (including phenoxy) is 1. The SMILES string of the molecule is COc1cccc(-c2nnn(CC(=O)N/N=C3\CC4CCC3(C)C4(C)C)n2)c1. The van der Waals surface area contributed by atoms with Gasteiger partial charge in [-0.05, 0) is 47.9 Å². The van der Waals surface area contributed by atoms with E-state index < -0.39 is 0 Å². The molecule has 2 saturated carbocycles. The molecule has 1 aromatic heterocycles. The van der Waals surface area contributed by atoms with Crippen molar-refractivity contribution in [2.45, 2.75) is 46.6 Å². The van der Waals surface area contributed by atoms with Gasteiger partial charge >= 0.3 is 0 Å². The fourth-order valence-corrected chi connectivity index (χ4v) is 4.58. The molecular formula is C20H26N6O2. The minimum atomic E-state index is -0.258. The first-order chi connectivity index (χ1) is 13.3. The number of methoxy groups -OCH3 is 1. The fourth-order valence-electron chi connectivity index (χ4n) is 4.58. The number of nitrogens with one attached hydrogen (secondary N) is 1. The lowest BCUT2D eigenvalue weighted by atomic mass is 9.70. The van der Waals surface area contributed by atoms with Crippen LogP contribution in [0.25, 0.3) is 11.4 Å². The molecule has 8 heteroatoms. The van der Waals surface area contributed by atoms with Crippen molar-refractivity contribution in [2.24, 2.45) is 21.8 Å². The number of benzene rings is 1. The Hall–Kier alpha value is -2.77. The van der Waals surface area contributed by atoms with Crippen molar-refractivity contribution in [3.63, 3.8) is 0 Å². The highest BCUT2D eigenvalue weighted by molar-refractivity contribution is 5.95. The topological polar surface area (TPSA) is 94.3 Å². The third-order valence-electron chi connectivity index (χ3n) is 6.89. The molecular weight excluding hydrogens is 356 g/mol. The molecule has 2 bridgehead atoms. The Balaban J connectivity index is 1.41. The van der Waals surface area contributed by atoms with E-state index in [1.807, 2.05) is 24.3 Å². The predicted molar refractivity (Wildman–Crippen MR) is 105 cm³/mol. The van der Waals surface area contributed by atoms with Gasteiger partial charge in [0.15, 0.2) is 0 Å². The second kappa shape index (κ2) is 6.68. The first kappa shape index (κ1) is 18.6. The number of hydrogen-bond acceptors (Lipinski definition) is 6. The lowest BCUT2D eigenvalue weighted by Crippen LogP contribution is -2.34. The van der Waals surface area contributed by atoms with Gasteiger partial charge in [0.25, 0.3) is 5.91 Å². The molecule has 0 saturated heterocycles. The number of nitrogens with zero attached hydrogens (tertiary/aromatic N) is 5. The lowest BCUT2D eigenvalue weighted by Gasteiger charge is -2.34. The maximum Gasteiger partial charge on any atom is 0.263 e. The van der Waals surface area contributed by atoms with Crippen molar-refractivity contribution in [2.75, 3.05) is 7.11 Å². The molecule has 1 amide bonds. The van der Waals surface area contributed by atoms with Gasteiger partial charge < -0.3 is 4.74 Å². The number of carbonyl (C=O) groups excluding carboxylic acids is 1. The zero-order chi connectivity index (χ0) is 19.9. The second-order valence-corrected chi connectivity index (χ2v) is 8.46. The third kappa shape index (κ3) is 2.96. The van der Waals surface area contributed by atoms with Crippen molar-refractivity contribution in [1.29, 1.82) is 0 Å². The molecule has 2 atom stereocenters. The van der Waals surface area contributed by atoms with Crippen molar-refractivity contribution in [3.8, 4) is 17.1 Å². The molecule has 1 aromatic carbocycles. The highest BCUT2D eigenvalue weighted by Gasteiger charge is 2.60. The summed E-state index contributed by atoms with van der Waals surface area (Å²) in [6.07, 6.45) is 3.34. The van der Waals surface area contributed by atoms with Crippen molar-refractivity contribution < 1.29 is 9.53 Å². The van der Waals surface area contributed by atoms with E-state index in [1.54, 1.807) is 7.11 Å². The van der Waals surface area contributed by atoms with Gasteiger partial charge in [-0.1, -0.05) is 32.9 Å². The molecule has 148 valence electrons. The molecule has 2 fully saturated rings. The summed E-state index contributed by atoms with van der Waals surface area (Å²) >= 11 is 0. The number of fused-ring (bicyclic) bond motifs is 2. The molecule has 28 heavy (non-hydrogen) atoms. The number of hydrazone groups is 1. The maximum atomic E-state index is 12.3. The van der Waals surface area contributed by atoms with E-state index in [9.17, 15) is 4.79 Å². The molecule has 2 aliphatic rings. The standard InChI is InChI=1S/C20H26N6O2/c1-19(2)14-8-9-20(19,3)16(11-14)21-22-17(27)12-26-24-18(23-25-26)13-6-5-7-15(10-13)28-4/h5-7,10,14H,8-9,11-12H2,1-4H3,(H,22,27)/b21-16+. The van der Waals surface area contributed by atoms with Crippen molar-refractivity contribution in [3.05, 3.63) is 24.3 Å². The summed E-state index contributed by atoms with van der Waals surface area (Å²) in [5, 5.41) is 16.7. The summed E-state index contributed by atoms with van der Waals surface area (Å²) in [5.74, 6) is 1.55. The summed E-state index contributed by atoms with van der Waals surface area (Å²) in [6, 6.07) is 7.39. The fraction of sp³-hybridized carbons (Fsp3) is 0.550. The Labute approximate surface area is 164 Å². The highest BCUT2D eigenvalue weighted by atomic mass is 16.5. The molecule has 4 rings (SSSR count). The highest BCUT2D eigenvalue weighted by Crippen LogP contribution is 2.63. The monoisotopic (exact) mass is 382 g/mol. The van der Waals surface area contributed by atoms with E-state index in [4.69, 9.17) is 4.74 Å². The van der Waals surface area contributed by atoms with Crippen LogP contribution in [-0.4, -0.2) is 38.9 Å². The quantitative estimate of drug-likeness (QED) is 0.803. The Morgan fingerprint density at radius 2 is 2.21 bits per heavy atom. The minimum Gasteiger partial charge on any atom is -0.497 e. The Bertz CT molecular complexity index is 934. The normalized spacial score (nSPS) is 26.6. The van der Waals surface area contributed by atoms with Gasteiger partial charge in [-0.25, -0.2) is 5.43 Å². The van der Waals surface area contributed by atoms with Crippen LogP contribution in [0.2, 0.25) is 0 Å². The zero-order valence-electron chi connectivity index (χ0n) is 16.8. The van der Waals surface area contributed by atoms with Gasteiger partial charge in [-0.2, -0.15) is 9.90 Å². The Kier molecular flexibility index (Phi) is 4.44. The summed E-state index contributed by atoms with van der Waals surface area (Å²) in [6.45, 7) is 6.87. The minimum absolute atomic E-state index is 0.0305. The number of hydrogen-bond donors (Lipinski definition) is 1. The largest absolute Gasteiger partial charge is 0.497 e. The molecule has 0 spiro atoms. The predicted octanol–water partition coefficient (Wildman–Crippen LogP) is 2.67. The second-order valence-electron chi connectivity index (χ2n) is 8.46. The lowest BCUT2D eigenvalue weighted by molar-refractivity contribution is -0.122. The van der Waals surface area contributed by atoms with E-state index in [0.29, 0.717) is 17.5 Å². The zero-order valence-corrected chi connectivity index (χ0v) is 16.8. The van der Waals surface area contributed by atoms with Gasteiger partial charge in [0.1, 0.15) is 12.3 Å². The smallest absolute Gasteiger partial charge is 0.263 e. The van der Waals surface area contributed by atoms with E-state index in [-0.39, 0.29) is 23.3 Å². The van der Waals surface area contributed by atoms with E-state index in [0.717, 1.165) is 24.1 Å². The van der Waals surface area contributed by atoms with Crippen LogP contribution in [0, 0.1) is 16.7 Å². The third-order valence-corrected chi connectivity index (χ3v) is 6.89.